The van der Waals surface area contributed by atoms with Gasteiger partial charge in [0.2, 0.25) is 0 Å². The maximum absolute atomic E-state index is 11.8. The quantitative estimate of drug-likeness (QED) is 0.711. The van der Waals surface area contributed by atoms with E-state index >= 15 is 0 Å². The molecular weight excluding hydrogens is 352 g/mol. The van der Waals surface area contributed by atoms with Crippen molar-refractivity contribution in [2.24, 2.45) is 0 Å². The van der Waals surface area contributed by atoms with E-state index in [9.17, 15) is 4.79 Å². The topological polar surface area (TPSA) is 73.4 Å². The molecule has 146 valence electrons. The summed E-state index contributed by atoms with van der Waals surface area (Å²) < 4.78 is 0. The van der Waals surface area contributed by atoms with Crippen molar-refractivity contribution in [3.8, 4) is 12.3 Å². The highest BCUT2D eigenvalue weighted by Gasteiger charge is 2.19. The Bertz CT molecular complexity index is 794. The smallest absolute Gasteiger partial charge is 0.253 e. The molecule has 1 saturated heterocycles. The van der Waals surface area contributed by atoms with E-state index < -0.39 is 0 Å². The highest BCUT2D eigenvalue weighted by Crippen LogP contribution is 2.13. The van der Waals surface area contributed by atoms with Gasteiger partial charge in [-0.05, 0) is 31.2 Å². The van der Waals surface area contributed by atoms with Gasteiger partial charge in [-0.15, -0.1) is 6.42 Å². The van der Waals surface area contributed by atoms with Crippen LogP contribution in [0.2, 0.25) is 0 Å². The van der Waals surface area contributed by atoms with Crippen molar-refractivity contribution in [1.82, 2.24) is 20.2 Å². The molecule has 2 aromatic heterocycles. The molecule has 2 N–H and O–H groups in total. The summed E-state index contributed by atoms with van der Waals surface area (Å²) in [7, 11) is 0. The largest absolute Gasteiger partial charge is 0.366 e. The number of carbonyl (C=O) groups excluding carboxylic acids is 1. The molecule has 1 unspecified atom stereocenters. The van der Waals surface area contributed by atoms with Crippen LogP contribution in [0.25, 0.3) is 0 Å². The molecule has 0 aliphatic carbocycles. The summed E-state index contributed by atoms with van der Waals surface area (Å²) in [6.45, 7) is 7.24. The molecule has 3 rings (SSSR count). The third-order valence-corrected chi connectivity index (χ3v) is 4.65. The maximum atomic E-state index is 11.8. The van der Waals surface area contributed by atoms with Gasteiger partial charge < -0.3 is 15.5 Å². The summed E-state index contributed by atoms with van der Waals surface area (Å²) in [5.74, 6) is 3.97. The highest BCUT2D eigenvalue weighted by molar-refractivity contribution is 5.94. The lowest BCUT2D eigenvalue weighted by Gasteiger charge is -2.36. The fraction of sp³-hybridized carbons (Fsp3) is 0.381. The fourth-order valence-electron chi connectivity index (χ4n) is 3.23. The van der Waals surface area contributed by atoms with E-state index in [1.165, 1.54) is 0 Å². The van der Waals surface area contributed by atoms with Gasteiger partial charge in [-0.3, -0.25) is 9.69 Å². The van der Waals surface area contributed by atoms with Crippen LogP contribution in [0, 0.1) is 12.3 Å². The molecule has 7 nitrogen and oxygen atoms in total. The van der Waals surface area contributed by atoms with Crippen molar-refractivity contribution in [3.05, 3.63) is 48.3 Å². The van der Waals surface area contributed by atoms with Crippen LogP contribution >= 0.6 is 0 Å². The summed E-state index contributed by atoms with van der Waals surface area (Å²) in [5, 5.41) is 6.03. The average molecular weight is 378 g/mol. The van der Waals surface area contributed by atoms with E-state index in [0.29, 0.717) is 5.56 Å². The number of nitrogens with zero attached hydrogens (tertiary/aromatic N) is 4. The minimum absolute atomic E-state index is 0.212. The molecule has 3 heterocycles. The van der Waals surface area contributed by atoms with E-state index in [-0.39, 0.29) is 18.5 Å². The molecule has 0 saturated carbocycles. The number of piperazine rings is 1. The van der Waals surface area contributed by atoms with E-state index in [1.807, 2.05) is 24.4 Å². The summed E-state index contributed by atoms with van der Waals surface area (Å²) in [4.78, 5) is 25.4. The SMILES string of the molecule is C#CCNC(=O)c1ccc(NC(C)CN2CCN(c3ccccn3)CC2)nc1. The van der Waals surface area contributed by atoms with Gasteiger partial charge in [0.15, 0.2) is 0 Å². The number of rotatable bonds is 7. The number of carbonyl (C=O) groups is 1. The molecule has 7 heteroatoms. The minimum Gasteiger partial charge on any atom is -0.366 e. The number of amides is 1. The predicted octanol–water partition coefficient (Wildman–Crippen LogP) is 1.46. The minimum atomic E-state index is -0.212. The lowest BCUT2D eigenvalue weighted by molar-refractivity contribution is 0.0958. The zero-order valence-electron chi connectivity index (χ0n) is 16.1. The van der Waals surface area contributed by atoms with Crippen LogP contribution in [0.4, 0.5) is 11.6 Å². The van der Waals surface area contributed by atoms with Crippen LogP contribution in [0.3, 0.4) is 0 Å². The second-order valence-corrected chi connectivity index (χ2v) is 6.84. The van der Waals surface area contributed by atoms with Crippen LogP contribution in [0.1, 0.15) is 17.3 Å². The summed E-state index contributed by atoms with van der Waals surface area (Å²) in [6, 6.07) is 9.84. The third kappa shape index (κ3) is 5.44. The van der Waals surface area contributed by atoms with E-state index in [1.54, 1.807) is 12.3 Å². The molecule has 0 spiro atoms. The molecule has 0 bridgehead atoms. The second kappa shape index (κ2) is 9.72. The van der Waals surface area contributed by atoms with Crippen molar-refractivity contribution in [2.75, 3.05) is 49.5 Å². The van der Waals surface area contributed by atoms with Crippen LogP contribution in [0.15, 0.2) is 42.7 Å². The van der Waals surface area contributed by atoms with Gasteiger partial charge in [-0.1, -0.05) is 12.0 Å². The number of terminal acetylenes is 1. The molecule has 1 aliphatic rings. The van der Waals surface area contributed by atoms with Crippen molar-refractivity contribution in [1.29, 1.82) is 0 Å². The zero-order valence-corrected chi connectivity index (χ0v) is 16.1. The Balaban J connectivity index is 1.44. The summed E-state index contributed by atoms with van der Waals surface area (Å²) >= 11 is 0. The Morgan fingerprint density at radius 2 is 2.04 bits per heavy atom. The number of hydrogen-bond acceptors (Lipinski definition) is 6. The van der Waals surface area contributed by atoms with Gasteiger partial charge in [-0.2, -0.15) is 0 Å². The zero-order chi connectivity index (χ0) is 19.8. The Morgan fingerprint density at radius 3 is 2.68 bits per heavy atom. The first-order chi connectivity index (χ1) is 13.7. The fourth-order valence-corrected chi connectivity index (χ4v) is 3.23. The number of hydrogen-bond donors (Lipinski definition) is 2. The van der Waals surface area contributed by atoms with E-state index in [4.69, 9.17) is 6.42 Å². The molecular formula is C21H26N6O. The van der Waals surface area contributed by atoms with E-state index in [0.717, 1.165) is 44.4 Å². The number of aromatic nitrogens is 2. The molecule has 0 radical (unpaired) electrons. The van der Waals surface area contributed by atoms with Gasteiger partial charge >= 0.3 is 0 Å². The van der Waals surface area contributed by atoms with Gasteiger partial charge in [-0.25, -0.2) is 9.97 Å². The van der Waals surface area contributed by atoms with Crippen molar-refractivity contribution in [3.63, 3.8) is 0 Å². The van der Waals surface area contributed by atoms with E-state index in [2.05, 4.69) is 49.3 Å². The summed E-state index contributed by atoms with van der Waals surface area (Å²) in [5.41, 5.74) is 0.499. The summed E-state index contributed by atoms with van der Waals surface area (Å²) in [6.07, 6.45) is 8.55. The third-order valence-electron chi connectivity index (χ3n) is 4.65. The van der Waals surface area contributed by atoms with Crippen LogP contribution in [0.5, 0.6) is 0 Å². The van der Waals surface area contributed by atoms with Crippen molar-refractivity contribution < 1.29 is 4.79 Å². The standard InChI is InChI=1S/C21H26N6O/c1-3-9-23-21(28)18-7-8-19(24-15-18)25-17(2)16-26-11-13-27(14-12-26)20-6-4-5-10-22-20/h1,4-8,10,15,17H,9,11-14,16H2,2H3,(H,23,28)(H,24,25). The van der Waals surface area contributed by atoms with Crippen molar-refractivity contribution in [2.45, 2.75) is 13.0 Å². The molecule has 1 atom stereocenters. The Labute approximate surface area is 166 Å². The van der Waals surface area contributed by atoms with Crippen LogP contribution in [-0.4, -0.2) is 66.1 Å². The number of nitrogens with one attached hydrogen (secondary N) is 2. The molecule has 0 aromatic carbocycles. The Kier molecular flexibility index (Phi) is 6.82. The van der Waals surface area contributed by atoms with Crippen LogP contribution < -0.4 is 15.5 Å². The second-order valence-electron chi connectivity index (χ2n) is 6.84. The van der Waals surface area contributed by atoms with Gasteiger partial charge in [0.25, 0.3) is 5.91 Å². The molecule has 1 aliphatic heterocycles. The van der Waals surface area contributed by atoms with Crippen molar-refractivity contribution >= 4 is 17.5 Å². The Morgan fingerprint density at radius 1 is 1.21 bits per heavy atom. The normalized spacial score (nSPS) is 15.5. The maximum Gasteiger partial charge on any atom is 0.253 e. The first-order valence-electron chi connectivity index (χ1n) is 9.48. The first-order valence-corrected chi connectivity index (χ1v) is 9.48. The Hall–Kier alpha value is -3.11. The molecule has 1 fully saturated rings. The van der Waals surface area contributed by atoms with Gasteiger partial charge in [0.1, 0.15) is 11.6 Å². The lowest BCUT2D eigenvalue weighted by atomic mass is 10.2. The number of pyridine rings is 2. The van der Waals surface area contributed by atoms with Crippen LogP contribution in [-0.2, 0) is 0 Å². The van der Waals surface area contributed by atoms with Gasteiger partial charge in [0.05, 0.1) is 12.1 Å². The van der Waals surface area contributed by atoms with Gasteiger partial charge in [0, 0.05) is 51.2 Å². The molecule has 28 heavy (non-hydrogen) atoms. The molecule has 2 aromatic rings. The molecule has 1 amide bonds. The lowest BCUT2D eigenvalue weighted by Crippen LogP contribution is -2.49. The average Bonchev–Trinajstić information content (AvgIpc) is 2.73. The number of anilines is 2. The monoisotopic (exact) mass is 378 g/mol. The first kappa shape index (κ1) is 19.6. The highest BCUT2D eigenvalue weighted by atomic mass is 16.1. The predicted molar refractivity (Wildman–Crippen MR) is 111 cm³/mol.